The number of carbonyl (C=O) groups is 2. The first-order valence-electron chi connectivity index (χ1n) is 7.89. The van der Waals surface area contributed by atoms with Gasteiger partial charge in [-0.3, -0.25) is 9.59 Å². The summed E-state index contributed by atoms with van der Waals surface area (Å²) in [5.74, 6) is -2.50. The van der Waals surface area contributed by atoms with Crippen LogP contribution in [-0.2, 0) is 19.6 Å². The molecular formula is C16H21FN2O5S. The van der Waals surface area contributed by atoms with Gasteiger partial charge >= 0.3 is 5.97 Å². The van der Waals surface area contributed by atoms with Crippen molar-refractivity contribution in [3.8, 4) is 0 Å². The third-order valence-corrected chi connectivity index (χ3v) is 5.46. The lowest BCUT2D eigenvalue weighted by Gasteiger charge is -2.31. The summed E-state index contributed by atoms with van der Waals surface area (Å²) in [7, 11) is -3.38. The van der Waals surface area contributed by atoms with Gasteiger partial charge in [-0.1, -0.05) is 12.1 Å². The molecular weight excluding hydrogens is 351 g/mol. The molecule has 7 nitrogen and oxygen atoms in total. The minimum atomic E-state index is -3.38. The molecule has 1 heterocycles. The monoisotopic (exact) mass is 372 g/mol. The van der Waals surface area contributed by atoms with Crippen molar-refractivity contribution in [1.82, 2.24) is 9.62 Å². The number of sulfonamides is 1. The van der Waals surface area contributed by atoms with Crippen molar-refractivity contribution in [3.63, 3.8) is 0 Å². The summed E-state index contributed by atoms with van der Waals surface area (Å²) < 4.78 is 37.6. The SMILES string of the molecule is CS(=O)(=O)N1CCCC(C(=O)NC(CC(=O)O)c2ccc(F)cc2)C1. The number of nitrogens with one attached hydrogen (secondary N) is 1. The summed E-state index contributed by atoms with van der Waals surface area (Å²) >= 11 is 0. The van der Waals surface area contributed by atoms with Crippen LogP contribution in [0.1, 0.15) is 30.9 Å². The Bertz CT molecular complexity index is 735. The maximum Gasteiger partial charge on any atom is 0.305 e. The first-order chi connectivity index (χ1) is 11.7. The highest BCUT2D eigenvalue weighted by molar-refractivity contribution is 7.88. The molecule has 0 saturated carbocycles. The Balaban J connectivity index is 2.11. The predicted molar refractivity (Wildman–Crippen MR) is 88.7 cm³/mol. The molecule has 1 aliphatic rings. The van der Waals surface area contributed by atoms with Crippen molar-refractivity contribution in [2.24, 2.45) is 5.92 Å². The summed E-state index contributed by atoms with van der Waals surface area (Å²) in [6, 6.07) is 4.43. The van der Waals surface area contributed by atoms with E-state index in [9.17, 15) is 22.4 Å². The van der Waals surface area contributed by atoms with E-state index in [0.29, 0.717) is 24.9 Å². The lowest BCUT2D eigenvalue weighted by Crippen LogP contribution is -2.45. The van der Waals surface area contributed by atoms with Crippen LogP contribution in [-0.4, -0.2) is 49.1 Å². The molecule has 138 valence electrons. The minimum absolute atomic E-state index is 0.0773. The van der Waals surface area contributed by atoms with Crippen molar-refractivity contribution in [1.29, 1.82) is 0 Å². The number of benzene rings is 1. The number of rotatable bonds is 6. The van der Waals surface area contributed by atoms with Crippen LogP contribution in [0.3, 0.4) is 0 Å². The van der Waals surface area contributed by atoms with Gasteiger partial charge in [-0.05, 0) is 30.5 Å². The van der Waals surface area contributed by atoms with Gasteiger partial charge in [-0.25, -0.2) is 17.1 Å². The zero-order valence-corrected chi connectivity index (χ0v) is 14.6. The number of aliphatic carboxylic acids is 1. The Morgan fingerprint density at radius 1 is 1.36 bits per heavy atom. The molecule has 2 rings (SSSR count). The van der Waals surface area contributed by atoms with Crippen LogP contribution in [0.25, 0.3) is 0 Å². The number of amides is 1. The normalized spacial score (nSPS) is 20.0. The van der Waals surface area contributed by atoms with Gasteiger partial charge in [0.2, 0.25) is 15.9 Å². The van der Waals surface area contributed by atoms with E-state index in [4.69, 9.17) is 5.11 Å². The van der Waals surface area contributed by atoms with Crippen molar-refractivity contribution in [2.75, 3.05) is 19.3 Å². The smallest absolute Gasteiger partial charge is 0.305 e. The summed E-state index contributed by atoms with van der Waals surface area (Å²) in [5.41, 5.74) is 0.480. The van der Waals surface area contributed by atoms with E-state index >= 15 is 0 Å². The van der Waals surface area contributed by atoms with Crippen LogP contribution < -0.4 is 5.32 Å². The second kappa shape index (κ2) is 7.92. The molecule has 1 aromatic carbocycles. The Morgan fingerprint density at radius 2 is 2.00 bits per heavy atom. The average Bonchev–Trinajstić information content (AvgIpc) is 2.54. The van der Waals surface area contributed by atoms with Crippen LogP contribution >= 0.6 is 0 Å². The van der Waals surface area contributed by atoms with Crippen LogP contribution in [0, 0.1) is 11.7 Å². The van der Waals surface area contributed by atoms with Gasteiger partial charge in [0, 0.05) is 13.1 Å². The van der Waals surface area contributed by atoms with Crippen molar-refractivity contribution in [3.05, 3.63) is 35.6 Å². The number of piperidine rings is 1. The van der Waals surface area contributed by atoms with Crippen molar-refractivity contribution in [2.45, 2.75) is 25.3 Å². The number of carboxylic acid groups (broad SMARTS) is 1. The highest BCUT2D eigenvalue weighted by Crippen LogP contribution is 2.22. The molecule has 0 aliphatic carbocycles. The van der Waals surface area contributed by atoms with E-state index < -0.39 is 39.7 Å². The van der Waals surface area contributed by atoms with E-state index in [1.807, 2.05) is 0 Å². The molecule has 1 amide bonds. The molecule has 0 spiro atoms. The maximum atomic E-state index is 13.1. The highest BCUT2D eigenvalue weighted by Gasteiger charge is 2.31. The van der Waals surface area contributed by atoms with Crippen LogP contribution in [0.15, 0.2) is 24.3 Å². The molecule has 2 N–H and O–H groups in total. The van der Waals surface area contributed by atoms with Gasteiger partial charge in [-0.15, -0.1) is 0 Å². The van der Waals surface area contributed by atoms with Crippen LogP contribution in [0.5, 0.6) is 0 Å². The van der Waals surface area contributed by atoms with Gasteiger partial charge in [-0.2, -0.15) is 0 Å². The lowest BCUT2D eigenvalue weighted by atomic mass is 9.97. The highest BCUT2D eigenvalue weighted by atomic mass is 32.2. The third kappa shape index (κ3) is 5.50. The summed E-state index contributed by atoms with van der Waals surface area (Å²) in [4.78, 5) is 23.6. The number of carbonyl (C=O) groups excluding carboxylic acids is 1. The zero-order chi connectivity index (χ0) is 18.6. The van der Waals surface area contributed by atoms with Gasteiger partial charge in [0.25, 0.3) is 0 Å². The number of carboxylic acids is 1. The molecule has 1 aliphatic heterocycles. The molecule has 0 aromatic heterocycles. The third-order valence-electron chi connectivity index (χ3n) is 4.19. The molecule has 2 atom stereocenters. The Labute approximate surface area is 145 Å². The zero-order valence-electron chi connectivity index (χ0n) is 13.8. The molecule has 1 saturated heterocycles. The molecule has 0 radical (unpaired) electrons. The Morgan fingerprint density at radius 3 is 2.56 bits per heavy atom. The van der Waals surface area contributed by atoms with E-state index in [1.165, 1.54) is 28.6 Å². The van der Waals surface area contributed by atoms with Crippen molar-refractivity contribution >= 4 is 21.9 Å². The van der Waals surface area contributed by atoms with Gasteiger partial charge in [0.1, 0.15) is 5.82 Å². The fourth-order valence-electron chi connectivity index (χ4n) is 2.87. The van der Waals surface area contributed by atoms with Gasteiger partial charge < -0.3 is 10.4 Å². The quantitative estimate of drug-likeness (QED) is 0.779. The first kappa shape index (κ1) is 19.3. The van der Waals surface area contributed by atoms with Crippen LogP contribution in [0.4, 0.5) is 4.39 Å². The maximum absolute atomic E-state index is 13.1. The number of hydrogen-bond donors (Lipinski definition) is 2. The molecule has 25 heavy (non-hydrogen) atoms. The molecule has 2 unspecified atom stereocenters. The van der Waals surface area contributed by atoms with E-state index in [-0.39, 0.29) is 13.0 Å². The summed E-state index contributed by atoms with van der Waals surface area (Å²) in [6.45, 7) is 0.451. The van der Waals surface area contributed by atoms with Crippen LogP contribution in [0.2, 0.25) is 0 Å². The van der Waals surface area contributed by atoms with E-state index in [2.05, 4.69) is 5.32 Å². The molecule has 1 fully saturated rings. The standard InChI is InChI=1S/C16H21FN2O5S/c1-25(23,24)19-8-2-3-12(10-19)16(22)18-14(9-15(20)21)11-4-6-13(17)7-5-11/h4-7,12,14H,2-3,8-10H2,1H3,(H,18,22)(H,20,21). The first-order valence-corrected chi connectivity index (χ1v) is 9.74. The lowest BCUT2D eigenvalue weighted by molar-refractivity contribution is -0.138. The van der Waals surface area contributed by atoms with E-state index in [0.717, 1.165) is 6.26 Å². The van der Waals surface area contributed by atoms with Gasteiger partial charge in [0.15, 0.2) is 0 Å². The fraction of sp³-hybridized carbons (Fsp3) is 0.500. The average molecular weight is 372 g/mol. The summed E-state index contributed by atoms with van der Waals surface area (Å²) in [6.07, 6.45) is 1.84. The minimum Gasteiger partial charge on any atom is -0.481 e. The largest absolute Gasteiger partial charge is 0.481 e. The second-order valence-electron chi connectivity index (χ2n) is 6.17. The van der Waals surface area contributed by atoms with E-state index in [1.54, 1.807) is 0 Å². The topological polar surface area (TPSA) is 104 Å². The van der Waals surface area contributed by atoms with Crippen molar-refractivity contribution < 1.29 is 27.5 Å². The fourth-order valence-corrected chi connectivity index (χ4v) is 3.78. The number of hydrogen-bond acceptors (Lipinski definition) is 4. The molecule has 0 bridgehead atoms. The Kier molecular flexibility index (Phi) is 6.12. The Hall–Kier alpha value is -2.00. The number of halogens is 1. The summed E-state index contributed by atoms with van der Waals surface area (Å²) in [5, 5.41) is 11.7. The van der Waals surface area contributed by atoms with Gasteiger partial charge in [0.05, 0.1) is 24.6 Å². The second-order valence-corrected chi connectivity index (χ2v) is 8.15. The predicted octanol–water partition coefficient (Wildman–Crippen LogP) is 1.13. The number of nitrogens with zero attached hydrogens (tertiary/aromatic N) is 1. The molecule has 9 heteroatoms. The molecule has 1 aromatic rings.